The first-order valence-corrected chi connectivity index (χ1v) is 6.95. The van der Waals surface area contributed by atoms with Crippen LogP contribution in [0.2, 0.25) is 5.02 Å². The van der Waals surface area contributed by atoms with Crippen molar-refractivity contribution in [2.75, 3.05) is 11.9 Å². The first-order valence-electron chi connectivity index (χ1n) is 6.57. The summed E-state index contributed by atoms with van der Waals surface area (Å²) in [5, 5.41) is 14.9. The van der Waals surface area contributed by atoms with Gasteiger partial charge in [-0.15, -0.1) is 0 Å². The average molecular weight is 324 g/mol. The van der Waals surface area contributed by atoms with Crippen LogP contribution >= 0.6 is 11.6 Å². The maximum Gasteiger partial charge on any atom is 0.320 e. The molecule has 2 rings (SSSR count). The summed E-state index contributed by atoms with van der Waals surface area (Å²) in [6, 6.07) is 8.70. The van der Waals surface area contributed by atoms with Gasteiger partial charge in [-0.05, 0) is 36.8 Å². The molecule has 0 saturated carbocycles. The molecule has 0 fully saturated rings. The Bertz CT molecular complexity index is 682. The van der Waals surface area contributed by atoms with Crippen molar-refractivity contribution in [3.05, 3.63) is 58.5 Å². The molecule has 1 aromatic heterocycles. The Morgan fingerprint density at radius 3 is 2.86 bits per heavy atom. The first-order chi connectivity index (χ1) is 10.5. The predicted octanol–water partition coefficient (Wildman–Crippen LogP) is 3.04. The minimum absolute atomic E-state index is 0.0211. The Balaban J connectivity index is 1.88. The number of aromatic nitrogens is 1. The summed E-state index contributed by atoms with van der Waals surface area (Å²) in [6.45, 7) is 1.74. The van der Waals surface area contributed by atoms with Crippen molar-refractivity contribution in [3.8, 4) is 0 Å². The topological polar surface area (TPSA) is 74.2 Å². The molecule has 0 aliphatic carbocycles. The van der Waals surface area contributed by atoms with Gasteiger partial charge in [0, 0.05) is 12.2 Å². The second-order valence-corrected chi connectivity index (χ2v) is 5.10. The lowest BCUT2D eigenvalue weighted by Crippen LogP contribution is -2.32. The molecule has 2 aromatic rings. The minimum Gasteiger partial charge on any atom is -0.387 e. The highest BCUT2D eigenvalue weighted by atomic mass is 35.5. The van der Waals surface area contributed by atoms with Gasteiger partial charge >= 0.3 is 6.03 Å². The van der Waals surface area contributed by atoms with E-state index in [0.29, 0.717) is 11.4 Å². The molecule has 116 valence electrons. The smallest absolute Gasteiger partial charge is 0.320 e. The van der Waals surface area contributed by atoms with Gasteiger partial charge in [-0.3, -0.25) is 5.32 Å². The van der Waals surface area contributed by atoms with E-state index in [1.165, 1.54) is 12.1 Å². The Morgan fingerprint density at radius 1 is 1.41 bits per heavy atom. The van der Waals surface area contributed by atoms with Crippen molar-refractivity contribution in [2.45, 2.75) is 13.0 Å². The van der Waals surface area contributed by atoms with Gasteiger partial charge in [-0.25, -0.2) is 14.2 Å². The van der Waals surface area contributed by atoms with E-state index in [4.69, 9.17) is 11.6 Å². The highest BCUT2D eigenvalue weighted by molar-refractivity contribution is 6.30. The molecule has 22 heavy (non-hydrogen) atoms. The number of carbonyl (C=O) groups is 1. The van der Waals surface area contributed by atoms with Gasteiger partial charge in [0.2, 0.25) is 0 Å². The Morgan fingerprint density at radius 2 is 2.18 bits per heavy atom. The molecule has 1 atom stereocenters. The summed E-state index contributed by atoms with van der Waals surface area (Å²) < 4.78 is 13.3. The molecule has 5 nitrogen and oxygen atoms in total. The van der Waals surface area contributed by atoms with Crippen LogP contribution in [-0.4, -0.2) is 22.7 Å². The highest BCUT2D eigenvalue weighted by Crippen LogP contribution is 2.19. The molecule has 2 amide bonds. The van der Waals surface area contributed by atoms with Gasteiger partial charge in [0.1, 0.15) is 11.6 Å². The fourth-order valence-corrected chi connectivity index (χ4v) is 1.92. The van der Waals surface area contributed by atoms with Crippen LogP contribution in [0.4, 0.5) is 15.0 Å². The quantitative estimate of drug-likeness (QED) is 0.809. The number of nitrogens with zero attached hydrogens (tertiary/aromatic N) is 1. The molecule has 1 unspecified atom stereocenters. The number of amides is 2. The number of aliphatic hydroxyl groups excluding tert-OH is 1. The molecule has 0 radical (unpaired) electrons. The van der Waals surface area contributed by atoms with Crippen LogP contribution in [0.3, 0.4) is 0 Å². The van der Waals surface area contributed by atoms with Crippen LogP contribution in [0.25, 0.3) is 0 Å². The molecule has 0 aliphatic heterocycles. The zero-order valence-electron chi connectivity index (χ0n) is 11.8. The summed E-state index contributed by atoms with van der Waals surface area (Å²) in [4.78, 5) is 15.8. The molecule has 0 bridgehead atoms. The molecular formula is C15H15ClFN3O2. The molecule has 0 saturated heterocycles. The molecule has 1 heterocycles. The number of halogens is 2. The number of benzene rings is 1. The van der Waals surface area contributed by atoms with E-state index in [9.17, 15) is 14.3 Å². The number of nitrogens with one attached hydrogen (secondary N) is 2. The number of urea groups is 1. The van der Waals surface area contributed by atoms with Crippen LogP contribution in [0.5, 0.6) is 0 Å². The van der Waals surface area contributed by atoms with Crippen molar-refractivity contribution < 1.29 is 14.3 Å². The fraction of sp³-hybridized carbons (Fsp3) is 0.200. The van der Waals surface area contributed by atoms with Crippen molar-refractivity contribution >= 4 is 23.4 Å². The summed E-state index contributed by atoms with van der Waals surface area (Å²) in [5.74, 6) is -0.212. The fourth-order valence-electron chi connectivity index (χ4n) is 1.80. The maximum absolute atomic E-state index is 13.3. The van der Waals surface area contributed by atoms with Gasteiger partial charge in [0.25, 0.3) is 0 Å². The summed E-state index contributed by atoms with van der Waals surface area (Å²) in [6.07, 6.45) is -1.04. The van der Waals surface area contributed by atoms with Crippen LogP contribution in [0.1, 0.15) is 17.4 Å². The lowest BCUT2D eigenvalue weighted by molar-refractivity contribution is 0.174. The SMILES string of the molecule is Cc1cccc(NC(=O)NCC(O)c2ccc(Cl)c(F)c2)n1. The Labute approximate surface area is 132 Å². The van der Waals surface area contributed by atoms with E-state index in [1.54, 1.807) is 12.1 Å². The third-order valence-electron chi connectivity index (χ3n) is 2.91. The largest absolute Gasteiger partial charge is 0.387 e. The second-order valence-electron chi connectivity index (χ2n) is 4.69. The van der Waals surface area contributed by atoms with E-state index < -0.39 is 18.0 Å². The predicted molar refractivity (Wildman–Crippen MR) is 82.4 cm³/mol. The van der Waals surface area contributed by atoms with Gasteiger partial charge in [0.15, 0.2) is 0 Å². The molecular weight excluding hydrogens is 309 g/mol. The lowest BCUT2D eigenvalue weighted by atomic mass is 10.1. The number of rotatable bonds is 4. The zero-order chi connectivity index (χ0) is 16.1. The summed E-state index contributed by atoms with van der Waals surface area (Å²) >= 11 is 5.57. The second kappa shape index (κ2) is 7.20. The third-order valence-corrected chi connectivity index (χ3v) is 3.22. The lowest BCUT2D eigenvalue weighted by Gasteiger charge is -2.13. The third kappa shape index (κ3) is 4.41. The Hall–Kier alpha value is -2.18. The average Bonchev–Trinajstić information content (AvgIpc) is 2.47. The van der Waals surface area contributed by atoms with Crippen LogP contribution in [0.15, 0.2) is 36.4 Å². The van der Waals surface area contributed by atoms with Crippen molar-refractivity contribution in [3.63, 3.8) is 0 Å². The van der Waals surface area contributed by atoms with Gasteiger partial charge in [-0.1, -0.05) is 23.7 Å². The normalized spacial score (nSPS) is 11.8. The highest BCUT2D eigenvalue weighted by Gasteiger charge is 2.12. The number of hydrogen-bond donors (Lipinski definition) is 3. The van der Waals surface area contributed by atoms with Crippen molar-refractivity contribution in [2.24, 2.45) is 0 Å². The van der Waals surface area contributed by atoms with Crippen molar-refractivity contribution in [1.29, 1.82) is 0 Å². The molecule has 3 N–H and O–H groups in total. The number of carbonyl (C=O) groups excluding carboxylic acids is 1. The number of pyridine rings is 1. The maximum atomic E-state index is 13.3. The first kappa shape index (κ1) is 16.2. The number of aryl methyl sites for hydroxylation is 1. The summed E-state index contributed by atoms with van der Waals surface area (Å²) in [5.41, 5.74) is 1.10. The molecule has 7 heteroatoms. The number of anilines is 1. The van der Waals surface area contributed by atoms with E-state index in [1.807, 2.05) is 13.0 Å². The monoisotopic (exact) mass is 323 g/mol. The van der Waals surface area contributed by atoms with Gasteiger partial charge < -0.3 is 10.4 Å². The van der Waals surface area contributed by atoms with Gasteiger partial charge in [-0.2, -0.15) is 0 Å². The van der Waals surface area contributed by atoms with Crippen LogP contribution in [-0.2, 0) is 0 Å². The van der Waals surface area contributed by atoms with E-state index in [0.717, 1.165) is 11.8 Å². The van der Waals surface area contributed by atoms with Crippen LogP contribution < -0.4 is 10.6 Å². The van der Waals surface area contributed by atoms with Gasteiger partial charge in [0.05, 0.1) is 11.1 Å². The van der Waals surface area contributed by atoms with Crippen molar-refractivity contribution in [1.82, 2.24) is 10.3 Å². The molecule has 1 aromatic carbocycles. The number of aliphatic hydroxyl groups is 1. The number of hydrogen-bond acceptors (Lipinski definition) is 3. The molecule has 0 spiro atoms. The van der Waals surface area contributed by atoms with E-state index in [2.05, 4.69) is 15.6 Å². The van der Waals surface area contributed by atoms with Crippen LogP contribution in [0, 0.1) is 12.7 Å². The Kier molecular flexibility index (Phi) is 5.30. The van der Waals surface area contributed by atoms with E-state index in [-0.39, 0.29) is 11.6 Å². The zero-order valence-corrected chi connectivity index (χ0v) is 12.6. The summed E-state index contributed by atoms with van der Waals surface area (Å²) in [7, 11) is 0. The minimum atomic E-state index is -1.04. The van der Waals surface area contributed by atoms with E-state index >= 15 is 0 Å². The molecule has 0 aliphatic rings. The standard InChI is InChI=1S/C15H15ClFN3O2/c1-9-3-2-4-14(19-9)20-15(22)18-8-13(21)10-5-6-11(16)12(17)7-10/h2-7,13,21H,8H2,1H3,(H2,18,19,20,22).